The molecule has 0 unspecified atom stereocenters. The normalized spacial score (nSPS) is 15.0. The van der Waals surface area contributed by atoms with Gasteiger partial charge in [0.1, 0.15) is 6.04 Å². The molecule has 0 saturated carbocycles. The number of benzene rings is 1. The van der Waals surface area contributed by atoms with Gasteiger partial charge in [-0.2, -0.15) is 0 Å². The largest absolute Gasteiger partial charge is 0.454 e. The first-order chi connectivity index (χ1) is 15.1. The molecule has 0 aromatic heterocycles. The Labute approximate surface area is 192 Å². The molecule has 32 heavy (non-hydrogen) atoms. The molecule has 6 nitrogen and oxygen atoms in total. The smallest absolute Gasteiger partial charge is 0.329 e. The van der Waals surface area contributed by atoms with E-state index >= 15 is 0 Å². The fourth-order valence-electron chi connectivity index (χ4n) is 3.62. The van der Waals surface area contributed by atoms with E-state index in [1.54, 1.807) is 12.1 Å². The maximum Gasteiger partial charge on any atom is 0.329 e. The molecule has 2 rings (SSSR count). The molecule has 0 bridgehead atoms. The highest BCUT2D eigenvalue weighted by molar-refractivity contribution is 5.97. The Bertz CT molecular complexity index is 819. The summed E-state index contributed by atoms with van der Waals surface area (Å²) in [7, 11) is 0. The minimum atomic E-state index is -0.829. The van der Waals surface area contributed by atoms with Gasteiger partial charge in [0.2, 0.25) is 0 Å². The highest BCUT2D eigenvalue weighted by atomic mass is 16.5. The van der Waals surface area contributed by atoms with Gasteiger partial charge < -0.3 is 15.4 Å². The Hall–Kier alpha value is -2.63. The second-order valence-electron chi connectivity index (χ2n) is 9.84. The molecule has 1 atom stereocenters. The SMILES string of the molecule is CC(C)[C@@H](NC(=O)c1ccc(C(C)(C)C)cc1)C(=O)OCC(=O)NCCC1=CCCCC1. The molecule has 0 saturated heterocycles. The molecule has 2 amide bonds. The van der Waals surface area contributed by atoms with Gasteiger partial charge in [0.25, 0.3) is 11.8 Å². The zero-order chi connectivity index (χ0) is 23.7. The van der Waals surface area contributed by atoms with Crippen LogP contribution in [0.25, 0.3) is 0 Å². The minimum Gasteiger partial charge on any atom is -0.454 e. The van der Waals surface area contributed by atoms with Crippen molar-refractivity contribution >= 4 is 17.8 Å². The van der Waals surface area contributed by atoms with Gasteiger partial charge in [-0.3, -0.25) is 9.59 Å². The minimum absolute atomic E-state index is 0.00675. The van der Waals surface area contributed by atoms with Crippen LogP contribution in [-0.2, 0) is 19.7 Å². The Balaban J connectivity index is 1.82. The highest BCUT2D eigenvalue weighted by Gasteiger charge is 2.27. The number of amides is 2. The number of hydrogen-bond donors (Lipinski definition) is 2. The first-order valence-electron chi connectivity index (χ1n) is 11.6. The average molecular weight is 443 g/mol. The second kappa shape index (κ2) is 11.8. The lowest BCUT2D eigenvalue weighted by Gasteiger charge is -2.22. The van der Waals surface area contributed by atoms with E-state index in [0.717, 1.165) is 24.8 Å². The zero-order valence-electron chi connectivity index (χ0n) is 20.1. The van der Waals surface area contributed by atoms with Crippen LogP contribution in [0, 0.1) is 5.92 Å². The van der Waals surface area contributed by atoms with Crippen molar-refractivity contribution in [1.29, 1.82) is 0 Å². The third-order valence-corrected chi connectivity index (χ3v) is 5.72. The van der Waals surface area contributed by atoms with Crippen molar-refractivity contribution in [2.45, 2.75) is 78.2 Å². The standard InChI is InChI=1S/C26H38N2O4/c1-18(2)23(28-24(30)20-11-13-21(14-12-20)26(3,4)5)25(31)32-17-22(29)27-16-15-19-9-7-6-8-10-19/h9,11-14,18,23H,6-8,10,15-17H2,1-5H3,(H,27,29)(H,28,30)/t23-/m1/s1. The van der Waals surface area contributed by atoms with E-state index in [9.17, 15) is 14.4 Å². The molecule has 1 aliphatic carbocycles. The summed E-state index contributed by atoms with van der Waals surface area (Å²) in [4.78, 5) is 37.2. The molecule has 176 valence electrons. The number of esters is 1. The van der Waals surface area contributed by atoms with E-state index in [4.69, 9.17) is 4.74 Å². The predicted molar refractivity (Wildman–Crippen MR) is 126 cm³/mol. The van der Waals surface area contributed by atoms with Gasteiger partial charge in [0.05, 0.1) is 0 Å². The van der Waals surface area contributed by atoms with E-state index in [0.29, 0.717) is 12.1 Å². The summed E-state index contributed by atoms with van der Waals surface area (Å²) in [5, 5.41) is 5.54. The second-order valence-corrected chi connectivity index (χ2v) is 9.84. The van der Waals surface area contributed by atoms with Crippen LogP contribution in [-0.4, -0.2) is 37.0 Å². The van der Waals surface area contributed by atoms with Crippen molar-refractivity contribution in [3.8, 4) is 0 Å². The van der Waals surface area contributed by atoms with Crippen molar-refractivity contribution in [3.05, 3.63) is 47.0 Å². The van der Waals surface area contributed by atoms with Crippen LogP contribution < -0.4 is 10.6 Å². The van der Waals surface area contributed by atoms with Crippen LogP contribution >= 0.6 is 0 Å². The summed E-state index contributed by atoms with van der Waals surface area (Å²) < 4.78 is 5.19. The molecule has 1 aliphatic rings. The van der Waals surface area contributed by atoms with Crippen LogP contribution in [0.5, 0.6) is 0 Å². The molecule has 0 spiro atoms. The molecule has 0 heterocycles. The summed E-state index contributed by atoms with van der Waals surface area (Å²) in [6, 6.07) is 6.53. The Morgan fingerprint density at radius 3 is 2.31 bits per heavy atom. The van der Waals surface area contributed by atoms with Gasteiger partial charge in [-0.1, -0.05) is 58.4 Å². The first kappa shape index (κ1) is 25.6. The Morgan fingerprint density at radius 1 is 1.06 bits per heavy atom. The maximum atomic E-state index is 12.7. The van der Waals surface area contributed by atoms with E-state index < -0.39 is 12.0 Å². The van der Waals surface area contributed by atoms with Crippen LogP contribution in [0.3, 0.4) is 0 Å². The monoisotopic (exact) mass is 442 g/mol. The summed E-state index contributed by atoms with van der Waals surface area (Å²) >= 11 is 0. The summed E-state index contributed by atoms with van der Waals surface area (Å²) in [6.45, 7) is 10.2. The summed E-state index contributed by atoms with van der Waals surface area (Å²) in [5.74, 6) is -1.46. The van der Waals surface area contributed by atoms with Crippen molar-refractivity contribution in [3.63, 3.8) is 0 Å². The van der Waals surface area contributed by atoms with Crippen molar-refractivity contribution in [2.75, 3.05) is 13.2 Å². The lowest BCUT2D eigenvalue weighted by atomic mass is 9.86. The van der Waals surface area contributed by atoms with Crippen LogP contribution in [0.15, 0.2) is 35.9 Å². The number of carbonyl (C=O) groups is 3. The predicted octanol–water partition coefficient (Wildman–Crippen LogP) is 4.29. The van der Waals surface area contributed by atoms with E-state index in [1.165, 1.54) is 18.4 Å². The van der Waals surface area contributed by atoms with Gasteiger partial charge in [-0.05, 0) is 61.1 Å². The lowest BCUT2D eigenvalue weighted by Crippen LogP contribution is -2.46. The number of hydrogen-bond acceptors (Lipinski definition) is 4. The lowest BCUT2D eigenvalue weighted by molar-refractivity contribution is -0.151. The zero-order valence-corrected chi connectivity index (χ0v) is 20.1. The van der Waals surface area contributed by atoms with Crippen molar-refractivity contribution < 1.29 is 19.1 Å². The maximum absolute atomic E-state index is 12.7. The van der Waals surface area contributed by atoms with E-state index in [-0.39, 0.29) is 29.8 Å². The number of nitrogens with one attached hydrogen (secondary N) is 2. The fourth-order valence-corrected chi connectivity index (χ4v) is 3.62. The molecular weight excluding hydrogens is 404 g/mol. The molecule has 0 fully saturated rings. The highest BCUT2D eigenvalue weighted by Crippen LogP contribution is 2.22. The molecule has 1 aromatic carbocycles. The van der Waals surface area contributed by atoms with Crippen LogP contribution in [0.1, 0.15) is 82.6 Å². The van der Waals surface area contributed by atoms with Gasteiger partial charge in [-0.25, -0.2) is 4.79 Å². The number of ether oxygens (including phenoxy) is 1. The van der Waals surface area contributed by atoms with Gasteiger partial charge in [0.15, 0.2) is 6.61 Å². The topological polar surface area (TPSA) is 84.5 Å². The van der Waals surface area contributed by atoms with E-state index in [2.05, 4.69) is 37.5 Å². The van der Waals surface area contributed by atoms with Crippen LogP contribution in [0.4, 0.5) is 0 Å². The molecule has 6 heteroatoms. The first-order valence-corrected chi connectivity index (χ1v) is 11.6. The number of carbonyl (C=O) groups excluding carboxylic acids is 3. The van der Waals surface area contributed by atoms with Gasteiger partial charge in [-0.15, -0.1) is 0 Å². The molecule has 0 radical (unpaired) electrons. The Morgan fingerprint density at radius 2 is 1.75 bits per heavy atom. The molecular formula is C26H38N2O4. The average Bonchev–Trinajstić information content (AvgIpc) is 2.75. The van der Waals surface area contributed by atoms with Gasteiger partial charge in [0, 0.05) is 12.1 Å². The summed E-state index contributed by atoms with van der Waals surface area (Å²) in [6.07, 6.45) is 7.74. The third kappa shape index (κ3) is 8.13. The summed E-state index contributed by atoms with van der Waals surface area (Å²) in [5.41, 5.74) is 2.98. The van der Waals surface area contributed by atoms with Crippen LogP contribution in [0.2, 0.25) is 0 Å². The molecule has 1 aromatic rings. The van der Waals surface area contributed by atoms with Crippen molar-refractivity contribution in [1.82, 2.24) is 10.6 Å². The van der Waals surface area contributed by atoms with Gasteiger partial charge >= 0.3 is 5.97 Å². The molecule has 0 aliphatic heterocycles. The quantitative estimate of drug-likeness (QED) is 0.441. The Kier molecular flexibility index (Phi) is 9.48. The number of allylic oxidation sites excluding steroid dienone is 1. The number of rotatable bonds is 9. The van der Waals surface area contributed by atoms with Crippen molar-refractivity contribution in [2.24, 2.45) is 5.92 Å². The van der Waals surface area contributed by atoms with E-state index in [1.807, 2.05) is 26.0 Å². The molecule has 2 N–H and O–H groups in total. The fraction of sp³-hybridized carbons (Fsp3) is 0.577. The third-order valence-electron chi connectivity index (χ3n) is 5.72.